The van der Waals surface area contributed by atoms with E-state index in [1.165, 1.54) is 0 Å². The Morgan fingerprint density at radius 1 is 1.17 bits per heavy atom. The molecule has 0 saturated carbocycles. The number of rotatable bonds is 7. The molecule has 2 heterocycles. The molecular weight excluding hydrogens is 300 g/mol. The van der Waals surface area contributed by atoms with Crippen molar-refractivity contribution in [1.82, 2.24) is 19.6 Å². The van der Waals surface area contributed by atoms with Gasteiger partial charge in [0.15, 0.2) is 0 Å². The first-order valence-corrected chi connectivity index (χ1v) is 8.93. The first kappa shape index (κ1) is 17.1. The van der Waals surface area contributed by atoms with Crippen molar-refractivity contribution >= 4 is 0 Å². The van der Waals surface area contributed by atoms with Gasteiger partial charge in [-0.2, -0.15) is 5.10 Å². The average molecular weight is 328 g/mol. The van der Waals surface area contributed by atoms with Crippen molar-refractivity contribution in [3.8, 4) is 0 Å². The molecule has 2 atom stereocenters. The number of benzene rings is 1. The zero-order valence-corrected chi connectivity index (χ0v) is 14.5. The smallest absolute Gasteiger partial charge is 0.0917 e. The molecule has 0 unspecified atom stereocenters. The topological polar surface area (TPSA) is 44.5 Å². The van der Waals surface area contributed by atoms with E-state index in [4.69, 9.17) is 0 Å². The highest BCUT2D eigenvalue weighted by molar-refractivity contribution is 5.17. The lowest BCUT2D eigenvalue weighted by molar-refractivity contribution is 0.0295. The first-order valence-electron chi connectivity index (χ1n) is 8.93. The number of hydrogen-bond acceptors (Lipinski definition) is 4. The summed E-state index contributed by atoms with van der Waals surface area (Å²) in [6.45, 7) is 8.07. The third-order valence-electron chi connectivity index (χ3n) is 4.96. The van der Waals surface area contributed by atoms with E-state index in [1.54, 1.807) is 0 Å². The summed E-state index contributed by atoms with van der Waals surface area (Å²) in [5.41, 5.74) is 1.01. The van der Waals surface area contributed by atoms with Gasteiger partial charge in [-0.25, -0.2) is 0 Å². The monoisotopic (exact) mass is 328 g/mol. The maximum atomic E-state index is 10.5. The molecule has 1 aliphatic heterocycles. The fraction of sp³-hybridized carbons (Fsp3) is 0.526. The van der Waals surface area contributed by atoms with Gasteiger partial charge in [0.05, 0.1) is 12.6 Å². The Labute approximate surface area is 144 Å². The van der Waals surface area contributed by atoms with Crippen LogP contribution in [0.4, 0.5) is 0 Å². The molecule has 1 aliphatic rings. The van der Waals surface area contributed by atoms with E-state index in [0.29, 0.717) is 6.04 Å². The lowest BCUT2D eigenvalue weighted by Gasteiger charge is -2.42. The van der Waals surface area contributed by atoms with Gasteiger partial charge in [-0.3, -0.25) is 14.5 Å². The van der Waals surface area contributed by atoms with Crippen LogP contribution in [-0.2, 0) is 6.54 Å². The number of aliphatic hydroxyl groups excluding tert-OH is 1. The van der Waals surface area contributed by atoms with Gasteiger partial charge < -0.3 is 5.11 Å². The van der Waals surface area contributed by atoms with Crippen LogP contribution < -0.4 is 0 Å². The molecule has 130 valence electrons. The van der Waals surface area contributed by atoms with Crippen LogP contribution in [0.25, 0.3) is 0 Å². The van der Waals surface area contributed by atoms with Gasteiger partial charge in [-0.05, 0) is 18.1 Å². The number of hydrogen-bond donors (Lipinski definition) is 1. The van der Waals surface area contributed by atoms with E-state index in [-0.39, 0.29) is 0 Å². The van der Waals surface area contributed by atoms with Crippen LogP contribution in [0.15, 0.2) is 48.8 Å². The highest BCUT2D eigenvalue weighted by Crippen LogP contribution is 2.19. The van der Waals surface area contributed by atoms with Gasteiger partial charge in [-0.1, -0.05) is 37.3 Å². The van der Waals surface area contributed by atoms with Crippen molar-refractivity contribution in [2.45, 2.75) is 32.0 Å². The number of nitrogens with zero attached hydrogens (tertiary/aromatic N) is 4. The maximum absolute atomic E-state index is 10.5. The minimum atomic E-state index is -0.407. The summed E-state index contributed by atoms with van der Waals surface area (Å²) in [6, 6.07) is 12.5. The molecular formula is C19H28N4O. The Hall–Kier alpha value is -1.69. The number of piperazine rings is 1. The molecule has 0 bridgehead atoms. The lowest BCUT2D eigenvalue weighted by atomic mass is 10.1. The Kier molecular flexibility index (Phi) is 6.01. The molecule has 0 spiro atoms. The summed E-state index contributed by atoms with van der Waals surface area (Å²) in [5, 5.41) is 14.8. The third-order valence-corrected chi connectivity index (χ3v) is 4.96. The predicted octanol–water partition coefficient (Wildman–Crippen LogP) is 2.01. The highest BCUT2D eigenvalue weighted by atomic mass is 16.3. The van der Waals surface area contributed by atoms with Gasteiger partial charge in [0.25, 0.3) is 0 Å². The normalized spacial score (nSPS) is 21.0. The highest BCUT2D eigenvalue weighted by Gasteiger charge is 2.27. The standard InChI is InChI=1S/C19H28N4O/c1-2-18-15-21(12-14-23-10-6-9-20-23)11-13-22(18)16-19(24)17-7-4-3-5-8-17/h3-10,18-19,24H,2,11-16H2,1H3/t18-,19-/m1/s1. The van der Waals surface area contributed by atoms with E-state index < -0.39 is 6.10 Å². The molecule has 24 heavy (non-hydrogen) atoms. The summed E-state index contributed by atoms with van der Waals surface area (Å²) in [5.74, 6) is 0. The molecule has 1 saturated heterocycles. The molecule has 1 aromatic carbocycles. The van der Waals surface area contributed by atoms with Crippen molar-refractivity contribution in [3.05, 3.63) is 54.4 Å². The zero-order valence-electron chi connectivity index (χ0n) is 14.5. The predicted molar refractivity (Wildman–Crippen MR) is 95.7 cm³/mol. The molecule has 2 aromatic rings. The lowest BCUT2D eigenvalue weighted by Crippen LogP contribution is -2.54. The molecule has 3 rings (SSSR count). The van der Waals surface area contributed by atoms with Gasteiger partial charge in [-0.15, -0.1) is 0 Å². The van der Waals surface area contributed by atoms with Crippen molar-refractivity contribution in [1.29, 1.82) is 0 Å². The van der Waals surface area contributed by atoms with Crippen molar-refractivity contribution in [3.63, 3.8) is 0 Å². The summed E-state index contributed by atoms with van der Waals surface area (Å²) in [7, 11) is 0. The molecule has 0 amide bonds. The summed E-state index contributed by atoms with van der Waals surface area (Å²) >= 11 is 0. The van der Waals surface area contributed by atoms with Gasteiger partial charge in [0.1, 0.15) is 0 Å². The van der Waals surface area contributed by atoms with Crippen LogP contribution in [-0.4, -0.2) is 63.5 Å². The summed E-state index contributed by atoms with van der Waals surface area (Å²) in [6.07, 6.45) is 4.55. The Balaban J connectivity index is 1.51. The second kappa shape index (κ2) is 8.42. The van der Waals surface area contributed by atoms with E-state index >= 15 is 0 Å². The second-order valence-electron chi connectivity index (χ2n) is 6.55. The molecule has 0 aliphatic carbocycles. The van der Waals surface area contributed by atoms with Crippen LogP contribution in [0.1, 0.15) is 25.0 Å². The number of aliphatic hydroxyl groups is 1. The van der Waals surface area contributed by atoms with E-state index in [9.17, 15) is 5.11 Å². The van der Waals surface area contributed by atoms with Crippen LogP contribution >= 0.6 is 0 Å². The van der Waals surface area contributed by atoms with Crippen LogP contribution in [0.5, 0.6) is 0 Å². The van der Waals surface area contributed by atoms with E-state index in [0.717, 1.165) is 51.3 Å². The van der Waals surface area contributed by atoms with E-state index in [1.807, 2.05) is 53.5 Å². The number of β-amino-alcohol motifs (C(OH)–C–C–N with tert-alkyl or cyclic N) is 1. The Morgan fingerprint density at radius 2 is 2.00 bits per heavy atom. The first-order chi connectivity index (χ1) is 11.8. The van der Waals surface area contributed by atoms with Crippen molar-refractivity contribution in [2.24, 2.45) is 0 Å². The third kappa shape index (κ3) is 4.44. The fourth-order valence-electron chi connectivity index (χ4n) is 3.47. The average Bonchev–Trinajstić information content (AvgIpc) is 3.15. The largest absolute Gasteiger partial charge is 0.387 e. The molecule has 5 nitrogen and oxygen atoms in total. The molecule has 0 radical (unpaired) electrons. The van der Waals surface area contributed by atoms with Gasteiger partial charge in [0, 0.05) is 51.2 Å². The van der Waals surface area contributed by atoms with Crippen molar-refractivity contribution in [2.75, 3.05) is 32.7 Å². The molecule has 1 aromatic heterocycles. The second-order valence-corrected chi connectivity index (χ2v) is 6.55. The SMILES string of the molecule is CC[C@@H]1CN(CCn2cccn2)CCN1C[C@@H](O)c1ccccc1. The minimum absolute atomic E-state index is 0.407. The van der Waals surface area contributed by atoms with Gasteiger partial charge in [0.2, 0.25) is 0 Å². The summed E-state index contributed by atoms with van der Waals surface area (Å²) in [4.78, 5) is 4.96. The fourth-order valence-corrected chi connectivity index (χ4v) is 3.47. The zero-order chi connectivity index (χ0) is 16.8. The van der Waals surface area contributed by atoms with Crippen LogP contribution in [0.2, 0.25) is 0 Å². The van der Waals surface area contributed by atoms with Crippen LogP contribution in [0.3, 0.4) is 0 Å². The van der Waals surface area contributed by atoms with E-state index in [2.05, 4.69) is 21.8 Å². The Morgan fingerprint density at radius 3 is 2.71 bits per heavy atom. The Bertz CT molecular complexity index is 587. The van der Waals surface area contributed by atoms with Gasteiger partial charge >= 0.3 is 0 Å². The maximum Gasteiger partial charge on any atom is 0.0917 e. The van der Waals surface area contributed by atoms with Crippen molar-refractivity contribution < 1.29 is 5.11 Å². The number of aromatic nitrogens is 2. The minimum Gasteiger partial charge on any atom is -0.387 e. The molecule has 5 heteroatoms. The summed E-state index contributed by atoms with van der Waals surface area (Å²) < 4.78 is 1.99. The quantitative estimate of drug-likeness (QED) is 0.844. The van der Waals surface area contributed by atoms with Crippen LogP contribution in [0, 0.1) is 0 Å². The molecule has 1 N–H and O–H groups in total. The molecule has 1 fully saturated rings.